The van der Waals surface area contributed by atoms with E-state index in [1.54, 1.807) is 13.8 Å². The Morgan fingerprint density at radius 2 is 2.00 bits per heavy atom. The van der Waals surface area contributed by atoms with Gasteiger partial charge >= 0.3 is 5.97 Å². The van der Waals surface area contributed by atoms with Gasteiger partial charge in [0.25, 0.3) is 0 Å². The van der Waals surface area contributed by atoms with Gasteiger partial charge in [0.15, 0.2) is 0 Å². The molecule has 0 bridgehead atoms. The van der Waals surface area contributed by atoms with Gasteiger partial charge in [-0.1, -0.05) is 6.92 Å². The first-order valence-electron chi connectivity index (χ1n) is 5.91. The molecule has 0 aromatic rings. The summed E-state index contributed by atoms with van der Waals surface area (Å²) in [6.45, 7) is 7.52. The maximum absolute atomic E-state index is 11.5. The molecule has 0 aliphatic rings. The van der Waals surface area contributed by atoms with Gasteiger partial charge in [-0.05, 0) is 33.6 Å². The van der Waals surface area contributed by atoms with Crippen LogP contribution in [0.2, 0.25) is 0 Å². The number of ether oxygens (including phenoxy) is 1. The van der Waals surface area contributed by atoms with E-state index in [9.17, 15) is 9.59 Å². The fraction of sp³-hybridized carbons (Fsp3) is 0.833. The van der Waals surface area contributed by atoms with Gasteiger partial charge in [-0.15, -0.1) is 0 Å². The quantitative estimate of drug-likeness (QED) is 0.680. The Morgan fingerprint density at radius 3 is 2.47 bits per heavy atom. The summed E-state index contributed by atoms with van der Waals surface area (Å²) in [6.07, 6.45) is 1.36. The predicted molar refractivity (Wildman–Crippen MR) is 64.8 cm³/mol. The number of carboxylic acids is 1. The molecular weight excluding hydrogens is 222 g/mol. The predicted octanol–water partition coefficient (Wildman–Crippen LogP) is 1.56. The van der Waals surface area contributed by atoms with Gasteiger partial charge in [0.2, 0.25) is 5.91 Å². The molecular formula is C12H23NO4. The van der Waals surface area contributed by atoms with E-state index in [2.05, 4.69) is 5.32 Å². The molecule has 1 unspecified atom stereocenters. The molecule has 0 rings (SSSR count). The summed E-state index contributed by atoms with van der Waals surface area (Å²) in [4.78, 5) is 22.0. The smallest absolute Gasteiger partial charge is 0.303 e. The Hall–Kier alpha value is -1.10. The normalized spacial score (nSPS) is 13.2. The van der Waals surface area contributed by atoms with Crippen LogP contribution >= 0.6 is 0 Å². The highest BCUT2D eigenvalue weighted by Gasteiger charge is 2.21. The third-order valence-electron chi connectivity index (χ3n) is 2.52. The Kier molecular flexibility index (Phi) is 6.80. The molecule has 0 radical (unpaired) electrons. The van der Waals surface area contributed by atoms with Gasteiger partial charge in [-0.3, -0.25) is 9.59 Å². The van der Waals surface area contributed by atoms with E-state index >= 15 is 0 Å². The lowest BCUT2D eigenvalue weighted by molar-refractivity contribution is -0.138. The number of carbonyl (C=O) groups is 2. The molecule has 0 spiro atoms. The largest absolute Gasteiger partial charge is 0.481 e. The third-order valence-corrected chi connectivity index (χ3v) is 2.52. The van der Waals surface area contributed by atoms with Crippen LogP contribution in [0.5, 0.6) is 0 Å². The van der Waals surface area contributed by atoms with E-state index in [-0.39, 0.29) is 25.0 Å². The molecule has 0 aromatic heterocycles. The van der Waals surface area contributed by atoms with Crippen LogP contribution in [0.4, 0.5) is 0 Å². The van der Waals surface area contributed by atoms with Crippen molar-refractivity contribution in [2.75, 3.05) is 6.61 Å². The molecule has 0 aliphatic carbocycles. The maximum atomic E-state index is 11.5. The van der Waals surface area contributed by atoms with Crippen LogP contribution in [-0.4, -0.2) is 35.2 Å². The van der Waals surface area contributed by atoms with Crippen molar-refractivity contribution >= 4 is 11.9 Å². The van der Waals surface area contributed by atoms with Gasteiger partial charge in [-0.2, -0.15) is 0 Å². The van der Waals surface area contributed by atoms with Crippen molar-refractivity contribution in [2.45, 2.75) is 58.6 Å². The summed E-state index contributed by atoms with van der Waals surface area (Å²) < 4.78 is 5.30. The van der Waals surface area contributed by atoms with Crippen molar-refractivity contribution in [3.05, 3.63) is 0 Å². The maximum Gasteiger partial charge on any atom is 0.303 e. The molecule has 5 nitrogen and oxygen atoms in total. The van der Waals surface area contributed by atoms with Crippen molar-refractivity contribution in [3.8, 4) is 0 Å². The highest BCUT2D eigenvalue weighted by molar-refractivity contribution is 5.78. The van der Waals surface area contributed by atoms with Crippen molar-refractivity contribution in [2.24, 2.45) is 0 Å². The summed E-state index contributed by atoms with van der Waals surface area (Å²) in [5, 5.41) is 11.3. The Bertz CT molecular complexity index is 263. The summed E-state index contributed by atoms with van der Waals surface area (Å²) in [5.74, 6) is -1.07. The van der Waals surface area contributed by atoms with Gasteiger partial charge in [0.1, 0.15) is 6.61 Å². The lowest BCUT2D eigenvalue weighted by Crippen LogP contribution is -2.45. The van der Waals surface area contributed by atoms with Crippen LogP contribution in [0, 0.1) is 0 Å². The molecule has 0 heterocycles. The number of hydrogen-bond acceptors (Lipinski definition) is 3. The van der Waals surface area contributed by atoms with Crippen molar-refractivity contribution < 1.29 is 19.4 Å². The Morgan fingerprint density at radius 1 is 1.41 bits per heavy atom. The van der Waals surface area contributed by atoms with E-state index in [0.717, 1.165) is 6.42 Å². The fourth-order valence-corrected chi connectivity index (χ4v) is 1.23. The standard InChI is InChI=1S/C12H23NO4/c1-5-9(2)17-8-10(14)13-12(3,4)7-6-11(15)16/h9H,5-8H2,1-4H3,(H,13,14)(H,15,16). The van der Waals surface area contributed by atoms with Gasteiger partial charge in [0, 0.05) is 12.0 Å². The molecule has 1 atom stereocenters. The number of amides is 1. The average molecular weight is 245 g/mol. The second-order valence-electron chi connectivity index (χ2n) is 4.86. The van der Waals surface area contributed by atoms with Crippen LogP contribution in [0.3, 0.4) is 0 Å². The molecule has 0 aliphatic heterocycles. The summed E-state index contributed by atoms with van der Waals surface area (Å²) in [7, 11) is 0. The van der Waals surface area contributed by atoms with Crippen LogP contribution < -0.4 is 5.32 Å². The topological polar surface area (TPSA) is 75.6 Å². The molecule has 0 aromatic carbocycles. The molecule has 0 saturated heterocycles. The second kappa shape index (κ2) is 7.27. The van der Waals surface area contributed by atoms with Crippen LogP contribution in [0.25, 0.3) is 0 Å². The first-order valence-corrected chi connectivity index (χ1v) is 5.91. The number of aliphatic carboxylic acids is 1. The van der Waals surface area contributed by atoms with E-state index in [1.165, 1.54) is 0 Å². The SMILES string of the molecule is CCC(C)OCC(=O)NC(C)(C)CCC(=O)O. The van der Waals surface area contributed by atoms with Crippen LogP contribution in [0.15, 0.2) is 0 Å². The van der Waals surface area contributed by atoms with E-state index in [4.69, 9.17) is 9.84 Å². The lowest BCUT2D eigenvalue weighted by atomic mass is 9.98. The zero-order chi connectivity index (χ0) is 13.5. The van der Waals surface area contributed by atoms with Gasteiger partial charge in [-0.25, -0.2) is 0 Å². The number of rotatable bonds is 8. The molecule has 0 saturated carbocycles. The minimum Gasteiger partial charge on any atom is -0.481 e. The molecule has 5 heteroatoms. The molecule has 100 valence electrons. The molecule has 2 N–H and O–H groups in total. The summed E-state index contributed by atoms with van der Waals surface area (Å²) in [5.41, 5.74) is -0.520. The van der Waals surface area contributed by atoms with Crippen LogP contribution in [0.1, 0.15) is 47.0 Å². The number of carboxylic acid groups (broad SMARTS) is 1. The van der Waals surface area contributed by atoms with Crippen molar-refractivity contribution in [1.82, 2.24) is 5.32 Å². The van der Waals surface area contributed by atoms with Crippen LogP contribution in [-0.2, 0) is 14.3 Å². The lowest BCUT2D eigenvalue weighted by Gasteiger charge is -2.26. The first kappa shape index (κ1) is 15.9. The van der Waals surface area contributed by atoms with E-state index < -0.39 is 11.5 Å². The molecule has 1 amide bonds. The number of carbonyl (C=O) groups excluding carboxylic acids is 1. The number of hydrogen-bond donors (Lipinski definition) is 2. The Balaban J connectivity index is 3.96. The minimum absolute atomic E-state index is 0.0194. The minimum atomic E-state index is -0.858. The van der Waals surface area contributed by atoms with E-state index in [1.807, 2.05) is 13.8 Å². The second-order valence-corrected chi connectivity index (χ2v) is 4.86. The highest BCUT2D eigenvalue weighted by atomic mass is 16.5. The van der Waals surface area contributed by atoms with Crippen molar-refractivity contribution in [1.29, 1.82) is 0 Å². The third kappa shape index (κ3) is 8.68. The first-order chi connectivity index (χ1) is 7.76. The summed E-state index contributed by atoms with van der Waals surface area (Å²) in [6, 6.07) is 0. The molecule has 0 fully saturated rings. The van der Waals surface area contributed by atoms with Crippen molar-refractivity contribution in [3.63, 3.8) is 0 Å². The highest BCUT2D eigenvalue weighted by Crippen LogP contribution is 2.11. The Labute approximate surface area is 103 Å². The monoisotopic (exact) mass is 245 g/mol. The zero-order valence-electron chi connectivity index (χ0n) is 11.1. The van der Waals surface area contributed by atoms with Gasteiger partial charge < -0.3 is 15.2 Å². The summed E-state index contributed by atoms with van der Waals surface area (Å²) >= 11 is 0. The average Bonchev–Trinajstić information content (AvgIpc) is 2.22. The zero-order valence-corrected chi connectivity index (χ0v) is 11.1. The van der Waals surface area contributed by atoms with E-state index in [0.29, 0.717) is 6.42 Å². The fourth-order valence-electron chi connectivity index (χ4n) is 1.23. The van der Waals surface area contributed by atoms with Gasteiger partial charge in [0.05, 0.1) is 6.10 Å². The molecule has 17 heavy (non-hydrogen) atoms. The number of nitrogens with one attached hydrogen (secondary N) is 1.